The molecule has 7 nitrogen and oxygen atoms in total. The van der Waals surface area contributed by atoms with Crippen LogP contribution in [0.5, 0.6) is 0 Å². The summed E-state index contributed by atoms with van der Waals surface area (Å²) in [7, 11) is 0. The number of nitrogens with zero attached hydrogens (tertiary/aromatic N) is 3. The molecule has 2 aliphatic carbocycles. The molecule has 2 saturated carbocycles. The first kappa shape index (κ1) is 23.0. The maximum atomic E-state index is 13.0. The van der Waals surface area contributed by atoms with Crippen LogP contribution in [0.2, 0.25) is 5.02 Å². The van der Waals surface area contributed by atoms with Gasteiger partial charge in [-0.3, -0.25) is 19.5 Å². The SMILES string of the molecule is Cc1ncc(Cl)cc1N[C@H](C)c1ncc(N(C=O)[C@@H](CC2CCCC2)C(=O)NC2CC2)s1. The number of carbonyl (C=O) groups is 2. The average molecular weight is 476 g/mol. The van der Waals surface area contributed by atoms with Crippen molar-refractivity contribution in [3.8, 4) is 0 Å². The van der Waals surface area contributed by atoms with Crippen LogP contribution in [-0.2, 0) is 9.59 Å². The van der Waals surface area contributed by atoms with Gasteiger partial charge in [0.1, 0.15) is 16.1 Å². The van der Waals surface area contributed by atoms with Crippen molar-refractivity contribution in [1.29, 1.82) is 0 Å². The van der Waals surface area contributed by atoms with Crippen molar-refractivity contribution in [3.05, 3.63) is 34.2 Å². The molecule has 9 heteroatoms. The highest BCUT2D eigenvalue weighted by Gasteiger charge is 2.34. The van der Waals surface area contributed by atoms with Gasteiger partial charge in [0.2, 0.25) is 12.3 Å². The number of halogens is 1. The van der Waals surface area contributed by atoms with Crippen LogP contribution in [0, 0.1) is 12.8 Å². The third-order valence-corrected chi connectivity index (χ3v) is 7.67. The molecule has 4 rings (SSSR count). The van der Waals surface area contributed by atoms with Crippen molar-refractivity contribution in [2.24, 2.45) is 5.92 Å². The Morgan fingerprint density at radius 2 is 2.03 bits per heavy atom. The van der Waals surface area contributed by atoms with Crippen LogP contribution in [0.1, 0.15) is 68.6 Å². The van der Waals surface area contributed by atoms with Gasteiger partial charge in [-0.25, -0.2) is 4.98 Å². The summed E-state index contributed by atoms with van der Waals surface area (Å²) in [6.45, 7) is 3.92. The number of rotatable bonds is 10. The molecule has 0 saturated heterocycles. The zero-order valence-corrected chi connectivity index (χ0v) is 20.1. The maximum absolute atomic E-state index is 13.0. The Morgan fingerprint density at radius 1 is 1.28 bits per heavy atom. The summed E-state index contributed by atoms with van der Waals surface area (Å²) in [6, 6.07) is 1.51. The molecule has 172 valence electrons. The quantitative estimate of drug-likeness (QED) is 0.479. The van der Waals surface area contributed by atoms with E-state index in [2.05, 4.69) is 20.6 Å². The summed E-state index contributed by atoms with van der Waals surface area (Å²) in [5, 5.41) is 8.58. The predicted octanol–water partition coefficient (Wildman–Crippen LogP) is 4.86. The van der Waals surface area contributed by atoms with E-state index < -0.39 is 6.04 Å². The van der Waals surface area contributed by atoms with Gasteiger partial charge in [-0.2, -0.15) is 0 Å². The van der Waals surface area contributed by atoms with Gasteiger partial charge in [0.25, 0.3) is 0 Å². The highest BCUT2D eigenvalue weighted by Crippen LogP contribution is 2.35. The fourth-order valence-corrected chi connectivity index (χ4v) is 5.35. The molecule has 2 amide bonds. The van der Waals surface area contributed by atoms with Gasteiger partial charge < -0.3 is 10.6 Å². The number of thiazole rings is 1. The second kappa shape index (κ2) is 10.2. The van der Waals surface area contributed by atoms with Gasteiger partial charge in [-0.1, -0.05) is 48.6 Å². The highest BCUT2D eigenvalue weighted by atomic mass is 35.5. The smallest absolute Gasteiger partial charge is 0.243 e. The van der Waals surface area contributed by atoms with Crippen molar-refractivity contribution in [3.63, 3.8) is 0 Å². The van der Waals surface area contributed by atoms with E-state index in [-0.39, 0.29) is 18.0 Å². The standard InChI is InChI=1S/C23H30ClN5O2S/c1-14-19(10-17(24)11-25-14)27-15(2)23-26-12-21(32-23)29(13-30)20(9-16-5-3-4-6-16)22(31)28-18-7-8-18/h10-13,15-16,18,20,27H,3-9H2,1-2H3,(H,28,31)/t15-,20+/m1/s1. The lowest BCUT2D eigenvalue weighted by molar-refractivity contribution is -0.124. The number of hydrogen-bond acceptors (Lipinski definition) is 6. The number of aromatic nitrogens is 2. The van der Waals surface area contributed by atoms with Crippen LogP contribution in [0.4, 0.5) is 10.7 Å². The zero-order chi connectivity index (χ0) is 22.7. The molecule has 0 aliphatic heterocycles. The fraction of sp³-hybridized carbons (Fsp3) is 0.565. The molecule has 0 spiro atoms. The lowest BCUT2D eigenvalue weighted by atomic mass is 9.97. The molecule has 2 heterocycles. The van der Waals surface area contributed by atoms with Crippen molar-refractivity contribution < 1.29 is 9.59 Å². The third-order valence-electron chi connectivity index (χ3n) is 6.27. The van der Waals surface area contributed by atoms with Crippen LogP contribution < -0.4 is 15.5 Å². The van der Waals surface area contributed by atoms with E-state index in [1.807, 2.05) is 19.9 Å². The topological polar surface area (TPSA) is 87.2 Å². The van der Waals surface area contributed by atoms with E-state index in [4.69, 9.17) is 11.6 Å². The highest BCUT2D eigenvalue weighted by molar-refractivity contribution is 7.16. The molecule has 0 unspecified atom stereocenters. The Morgan fingerprint density at radius 3 is 2.72 bits per heavy atom. The van der Waals surface area contributed by atoms with E-state index in [1.54, 1.807) is 17.3 Å². The van der Waals surface area contributed by atoms with Crippen molar-refractivity contribution in [1.82, 2.24) is 15.3 Å². The Labute approximate surface area is 198 Å². The maximum Gasteiger partial charge on any atom is 0.243 e. The first-order valence-corrected chi connectivity index (χ1v) is 12.5. The predicted molar refractivity (Wildman–Crippen MR) is 128 cm³/mol. The van der Waals surface area contributed by atoms with E-state index >= 15 is 0 Å². The van der Waals surface area contributed by atoms with Crippen molar-refractivity contribution >= 4 is 45.9 Å². The van der Waals surface area contributed by atoms with Crippen LogP contribution in [-0.4, -0.2) is 34.4 Å². The Kier molecular flexibility index (Phi) is 7.30. The fourth-order valence-electron chi connectivity index (χ4n) is 4.26. The van der Waals surface area contributed by atoms with Gasteiger partial charge in [0.15, 0.2) is 0 Å². The minimum Gasteiger partial charge on any atom is -0.375 e. The summed E-state index contributed by atoms with van der Waals surface area (Å²) < 4.78 is 0. The first-order chi connectivity index (χ1) is 15.4. The molecule has 0 aromatic carbocycles. The minimum atomic E-state index is -0.493. The molecule has 0 radical (unpaired) electrons. The van der Waals surface area contributed by atoms with Crippen LogP contribution in [0.15, 0.2) is 18.5 Å². The molecule has 2 aromatic rings. The third kappa shape index (κ3) is 5.59. The van der Waals surface area contributed by atoms with E-state index in [0.29, 0.717) is 22.4 Å². The summed E-state index contributed by atoms with van der Waals surface area (Å²) in [6.07, 6.45) is 11.5. The second-order valence-electron chi connectivity index (χ2n) is 8.89. The molecule has 2 fully saturated rings. The lowest BCUT2D eigenvalue weighted by Gasteiger charge is -2.28. The minimum absolute atomic E-state index is 0.0479. The second-order valence-corrected chi connectivity index (χ2v) is 10.4. The van der Waals surface area contributed by atoms with Crippen LogP contribution >= 0.6 is 22.9 Å². The monoisotopic (exact) mass is 475 g/mol. The molecule has 2 aromatic heterocycles. The number of nitrogens with one attached hydrogen (secondary N) is 2. The largest absolute Gasteiger partial charge is 0.375 e. The van der Waals surface area contributed by atoms with E-state index in [0.717, 1.165) is 48.5 Å². The zero-order valence-electron chi connectivity index (χ0n) is 18.5. The van der Waals surface area contributed by atoms with Gasteiger partial charge in [-0.05, 0) is 45.1 Å². The number of aryl methyl sites for hydroxylation is 1. The van der Waals surface area contributed by atoms with Crippen molar-refractivity contribution in [2.75, 3.05) is 10.2 Å². The number of hydrogen-bond donors (Lipinski definition) is 2. The molecule has 2 N–H and O–H groups in total. The van der Waals surface area contributed by atoms with Crippen LogP contribution in [0.3, 0.4) is 0 Å². The van der Waals surface area contributed by atoms with Crippen LogP contribution in [0.25, 0.3) is 0 Å². The first-order valence-electron chi connectivity index (χ1n) is 11.3. The normalized spacial score (nSPS) is 18.2. The Hall–Kier alpha value is -2.19. The molecule has 2 aliphatic rings. The summed E-state index contributed by atoms with van der Waals surface area (Å²) in [5.74, 6) is 0.437. The number of amides is 2. The average Bonchev–Trinajstić information content (AvgIpc) is 3.23. The van der Waals surface area contributed by atoms with E-state index in [9.17, 15) is 9.59 Å². The summed E-state index contributed by atoms with van der Waals surface area (Å²) in [4.78, 5) is 35.6. The summed E-state index contributed by atoms with van der Waals surface area (Å²) in [5.41, 5.74) is 1.69. The molecule has 32 heavy (non-hydrogen) atoms. The van der Waals surface area contributed by atoms with Gasteiger partial charge in [0.05, 0.1) is 28.6 Å². The number of pyridine rings is 1. The molecular weight excluding hydrogens is 446 g/mol. The molecular formula is C23H30ClN5O2S. The number of carbonyl (C=O) groups excluding carboxylic acids is 2. The van der Waals surface area contributed by atoms with Gasteiger partial charge in [0, 0.05) is 12.2 Å². The van der Waals surface area contributed by atoms with Gasteiger partial charge in [-0.15, -0.1) is 0 Å². The van der Waals surface area contributed by atoms with E-state index in [1.165, 1.54) is 24.2 Å². The van der Waals surface area contributed by atoms with Crippen molar-refractivity contribution in [2.45, 2.75) is 76.9 Å². The van der Waals surface area contributed by atoms with Gasteiger partial charge >= 0.3 is 0 Å². The number of anilines is 2. The lowest BCUT2D eigenvalue weighted by Crippen LogP contribution is -2.48. The molecule has 0 bridgehead atoms. The Bertz CT molecular complexity index is 958. The summed E-state index contributed by atoms with van der Waals surface area (Å²) >= 11 is 7.52. The molecule has 2 atom stereocenters. The Balaban J connectivity index is 1.51.